The van der Waals surface area contributed by atoms with Crippen molar-refractivity contribution in [3.8, 4) is 5.75 Å². The van der Waals surface area contributed by atoms with E-state index in [-0.39, 0.29) is 31.5 Å². The minimum atomic E-state index is -0.446. The van der Waals surface area contributed by atoms with E-state index in [2.05, 4.69) is 10.6 Å². The van der Waals surface area contributed by atoms with Crippen LogP contribution in [0, 0.1) is 6.92 Å². The van der Waals surface area contributed by atoms with Crippen molar-refractivity contribution in [3.05, 3.63) is 53.1 Å². The molecule has 0 fully saturated rings. The van der Waals surface area contributed by atoms with Crippen LogP contribution in [0.25, 0.3) is 0 Å². The van der Waals surface area contributed by atoms with Gasteiger partial charge in [0.2, 0.25) is 11.8 Å². The second kappa shape index (κ2) is 8.09. The number of ether oxygens (including phenoxy) is 1. The van der Waals surface area contributed by atoms with Gasteiger partial charge in [-0.05, 0) is 36.8 Å². The second-order valence-electron chi connectivity index (χ2n) is 5.97. The fourth-order valence-corrected chi connectivity index (χ4v) is 2.82. The Hall–Kier alpha value is -3.06. The van der Waals surface area contributed by atoms with Crippen molar-refractivity contribution in [2.24, 2.45) is 0 Å². The van der Waals surface area contributed by atoms with Crippen LogP contribution >= 0.6 is 11.6 Å². The molecular formula is C19H18ClN3O4. The Morgan fingerprint density at radius 2 is 1.93 bits per heavy atom. The van der Waals surface area contributed by atoms with Gasteiger partial charge in [0.1, 0.15) is 12.3 Å². The van der Waals surface area contributed by atoms with Crippen LogP contribution in [0.3, 0.4) is 0 Å². The van der Waals surface area contributed by atoms with E-state index in [0.717, 1.165) is 5.56 Å². The topological polar surface area (TPSA) is 87.7 Å². The zero-order chi connectivity index (χ0) is 19.4. The standard InChI is InChI=1S/C19H18ClN3O4/c1-12-13(20)5-4-6-14(12)22-17(24)9-21-18(25)10-23-15-7-2-3-8-16(15)27-11-19(23)26/h2-8H,9-11H2,1H3,(H,21,25)(H,22,24). The minimum absolute atomic E-state index is 0.126. The number of halogens is 1. The van der Waals surface area contributed by atoms with Crippen molar-refractivity contribution in [1.82, 2.24) is 5.32 Å². The highest BCUT2D eigenvalue weighted by atomic mass is 35.5. The summed E-state index contributed by atoms with van der Waals surface area (Å²) >= 11 is 6.02. The summed E-state index contributed by atoms with van der Waals surface area (Å²) in [6.07, 6.45) is 0. The number of benzene rings is 2. The van der Waals surface area contributed by atoms with Crippen LogP contribution in [0.15, 0.2) is 42.5 Å². The highest BCUT2D eigenvalue weighted by molar-refractivity contribution is 6.31. The molecule has 3 amide bonds. The van der Waals surface area contributed by atoms with Gasteiger partial charge in [0, 0.05) is 10.7 Å². The van der Waals surface area contributed by atoms with Gasteiger partial charge in [-0.2, -0.15) is 0 Å². The van der Waals surface area contributed by atoms with E-state index >= 15 is 0 Å². The molecule has 1 aliphatic heterocycles. The van der Waals surface area contributed by atoms with Crippen LogP contribution in [0.2, 0.25) is 5.02 Å². The summed E-state index contributed by atoms with van der Waals surface area (Å²) in [6, 6.07) is 12.2. The molecule has 2 N–H and O–H groups in total. The summed E-state index contributed by atoms with van der Waals surface area (Å²) in [6.45, 7) is 1.25. The minimum Gasteiger partial charge on any atom is -0.482 e. The van der Waals surface area contributed by atoms with E-state index in [0.29, 0.717) is 22.1 Å². The molecule has 0 saturated carbocycles. The summed E-state index contributed by atoms with van der Waals surface area (Å²) in [5.41, 5.74) is 1.86. The predicted octanol–water partition coefficient (Wildman–Crippen LogP) is 2.13. The molecule has 2 aromatic carbocycles. The summed E-state index contributed by atoms with van der Waals surface area (Å²) in [5, 5.41) is 5.76. The lowest BCUT2D eigenvalue weighted by Crippen LogP contribution is -2.46. The summed E-state index contributed by atoms with van der Waals surface area (Å²) in [5.74, 6) is -0.609. The number of carbonyl (C=O) groups is 3. The lowest BCUT2D eigenvalue weighted by Gasteiger charge is -2.28. The number of amides is 3. The van der Waals surface area contributed by atoms with Crippen LogP contribution in [-0.2, 0) is 14.4 Å². The van der Waals surface area contributed by atoms with Crippen molar-refractivity contribution < 1.29 is 19.1 Å². The molecule has 0 spiro atoms. The van der Waals surface area contributed by atoms with Crippen molar-refractivity contribution >= 4 is 40.7 Å². The maximum Gasteiger partial charge on any atom is 0.265 e. The molecule has 0 unspecified atom stereocenters. The predicted molar refractivity (Wildman–Crippen MR) is 102 cm³/mol. The van der Waals surface area contributed by atoms with Crippen molar-refractivity contribution in [1.29, 1.82) is 0 Å². The van der Waals surface area contributed by atoms with Gasteiger partial charge < -0.3 is 15.4 Å². The van der Waals surface area contributed by atoms with E-state index in [1.807, 2.05) is 0 Å². The highest BCUT2D eigenvalue weighted by Crippen LogP contribution is 2.31. The number of fused-ring (bicyclic) bond motifs is 1. The van der Waals surface area contributed by atoms with Crippen molar-refractivity contribution in [2.75, 3.05) is 29.9 Å². The number of anilines is 2. The monoisotopic (exact) mass is 387 g/mol. The second-order valence-corrected chi connectivity index (χ2v) is 6.38. The molecule has 3 rings (SSSR count). The molecule has 2 aromatic rings. The van der Waals surface area contributed by atoms with Crippen LogP contribution < -0.4 is 20.3 Å². The maximum atomic E-state index is 12.2. The largest absolute Gasteiger partial charge is 0.482 e. The molecular weight excluding hydrogens is 370 g/mol. The van der Waals surface area contributed by atoms with E-state index < -0.39 is 5.91 Å². The molecule has 0 saturated heterocycles. The van der Waals surface area contributed by atoms with E-state index in [9.17, 15) is 14.4 Å². The molecule has 0 aromatic heterocycles. The normalized spacial score (nSPS) is 12.8. The lowest BCUT2D eigenvalue weighted by molar-refractivity contribution is -0.126. The number of carbonyl (C=O) groups excluding carboxylic acids is 3. The molecule has 1 aliphatic rings. The Bertz CT molecular complexity index is 900. The Balaban J connectivity index is 1.56. The first-order valence-electron chi connectivity index (χ1n) is 8.29. The van der Waals surface area contributed by atoms with Gasteiger partial charge in [0.25, 0.3) is 5.91 Å². The molecule has 27 heavy (non-hydrogen) atoms. The fourth-order valence-electron chi connectivity index (χ4n) is 2.64. The zero-order valence-electron chi connectivity index (χ0n) is 14.6. The summed E-state index contributed by atoms with van der Waals surface area (Å²) in [7, 11) is 0. The average Bonchev–Trinajstić information content (AvgIpc) is 2.66. The average molecular weight is 388 g/mol. The van der Waals surface area contributed by atoms with Gasteiger partial charge in [0.15, 0.2) is 6.61 Å². The van der Waals surface area contributed by atoms with Crippen molar-refractivity contribution in [3.63, 3.8) is 0 Å². The summed E-state index contributed by atoms with van der Waals surface area (Å²) < 4.78 is 5.34. The van der Waals surface area contributed by atoms with Crippen LogP contribution in [0.1, 0.15) is 5.56 Å². The maximum absolute atomic E-state index is 12.2. The molecule has 0 bridgehead atoms. The number of para-hydroxylation sites is 2. The quantitative estimate of drug-likeness (QED) is 0.822. The van der Waals surface area contributed by atoms with Gasteiger partial charge in [-0.3, -0.25) is 19.3 Å². The Morgan fingerprint density at radius 1 is 1.15 bits per heavy atom. The van der Waals surface area contributed by atoms with E-state index in [1.165, 1.54) is 4.90 Å². The Kier molecular flexibility index (Phi) is 5.61. The smallest absolute Gasteiger partial charge is 0.265 e. The van der Waals surface area contributed by atoms with Gasteiger partial charge in [-0.25, -0.2) is 0 Å². The molecule has 0 atom stereocenters. The van der Waals surface area contributed by atoms with E-state index in [1.54, 1.807) is 49.4 Å². The first-order valence-corrected chi connectivity index (χ1v) is 8.67. The molecule has 1 heterocycles. The Labute approximate surface area is 161 Å². The molecule has 8 heteroatoms. The third-order valence-corrected chi connectivity index (χ3v) is 4.51. The van der Waals surface area contributed by atoms with Crippen LogP contribution in [-0.4, -0.2) is 37.4 Å². The summed E-state index contributed by atoms with van der Waals surface area (Å²) in [4.78, 5) is 37.7. The van der Waals surface area contributed by atoms with Gasteiger partial charge in [0.05, 0.1) is 12.2 Å². The van der Waals surface area contributed by atoms with Gasteiger partial charge in [-0.1, -0.05) is 29.8 Å². The van der Waals surface area contributed by atoms with Gasteiger partial charge >= 0.3 is 0 Å². The number of nitrogens with zero attached hydrogens (tertiary/aromatic N) is 1. The number of rotatable bonds is 5. The third-order valence-electron chi connectivity index (χ3n) is 4.10. The van der Waals surface area contributed by atoms with Crippen LogP contribution in [0.5, 0.6) is 5.75 Å². The molecule has 0 aliphatic carbocycles. The molecule has 0 radical (unpaired) electrons. The number of hydrogen-bond donors (Lipinski definition) is 2. The van der Waals surface area contributed by atoms with Gasteiger partial charge in [-0.15, -0.1) is 0 Å². The zero-order valence-corrected chi connectivity index (χ0v) is 15.4. The van der Waals surface area contributed by atoms with Crippen molar-refractivity contribution in [2.45, 2.75) is 6.92 Å². The fraction of sp³-hybridized carbons (Fsp3) is 0.211. The third kappa shape index (κ3) is 4.38. The first-order chi connectivity index (χ1) is 13.0. The molecule has 140 valence electrons. The number of hydrogen-bond acceptors (Lipinski definition) is 4. The SMILES string of the molecule is Cc1c(Cl)cccc1NC(=O)CNC(=O)CN1C(=O)COc2ccccc21. The highest BCUT2D eigenvalue weighted by Gasteiger charge is 2.27. The van der Waals surface area contributed by atoms with Crippen LogP contribution in [0.4, 0.5) is 11.4 Å². The Morgan fingerprint density at radius 3 is 2.74 bits per heavy atom. The number of nitrogens with one attached hydrogen (secondary N) is 2. The first kappa shape index (κ1) is 18.7. The lowest BCUT2D eigenvalue weighted by atomic mass is 10.2. The molecule has 7 nitrogen and oxygen atoms in total. The van der Waals surface area contributed by atoms with E-state index in [4.69, 9.17) is 16.3 Å².